The number of benzene rings is 4. The summed E-state index contributed by atoms with van der Waals surface area (Å²) in [4.78, 5) is 3.46. The lowest BCUT2D eigenvalue weighted by Gasteiger charge is -2.26. The largest absolute Gasteiger partial charge is 0.496 e. The Morgan fingerprint density at radius 2 is 1.51 bits per heavy atom. The van der Waals surface area contributed by atoms with Gasteiger partial charge in [-0.15, -0.1) is 11.3 Å². The van der Waals surface area contributed by atoms with Crippen molar-refractivity contribution in [3.8, 4) is 39.2 Å². The summed E-state index contributed by atoms with van der Waals surface area (Å²) in [7, 11) is 1.69. The number of thiophene rings is 1. The molecule has 0 saturated carbocycles. The number of nitrogens with zero attached hydrogens (tertiary/aromatic N) is 1. The third-order valence-electron chi connectivity index (χ3n) is 7.03. The summed E-state index contributed by atoms with van der Waals surface area (Å²) in [6.45, 7) is 5.42. The molecule has 0 unspecified atom stereocenters. The summed E-state index contributed by atoms with van der Waals surface area (Å²) < 4.78 is 31.2. The quantitative estimate of drug-likeness (QED) is 0.163. The predicted octanol–water partition coefficient (Wildman–Crippen LogP) is 7.66. The molecule has 5 aromatic rings. The maximum atomic E-state index is 6.43. The van der Waals surface area contributed by atoms with E-state index in [1.165, 1.54) is 10.1 Å². The van der Waals surface area contributed by atoms with Gasteiger partial charge < -0.3 is 23.7 Å². The highest BCUT2D eigenvalue weighted by Crippen LogP contribution is 2.45. The Balaban J connectivity index is 1.24. The lowest BCUT2D eigenvalue weighted by atomic mass is 10.1. The normalized spacial score (nSPS) is 13.7. The highest BCUT2D eigenvalue weighted by atomic mass is 32.1. The molecule has 6 rings (SSSR count). The van der Waals surface area contributed by atoms with E-state index < -0.39 is 0 Å². The lowest BCUT2D eigenvalue weighted by Crippen LogP contribution is -2.38. The van der Waals surface area contributed by atoms with Crippen molar-refractivity contribution in [3.63, 3.8) is 0 Å². The van der Waals surface area contributed by atoms with Gasteiger partial charge in [0, 0.05) is 40.8 Å². The fourth-order valence-corrected chi connectivity index (χ4v) is 5.88. The van der Waals surface area contributed by atoms with Crippen LogP contribution >= 0.6 is 11.3 Å². The zero-order valence-corrected chi connectivity index (χ0v) is 23.9. The number of hydrogen-bond donors (Lipinski definition) is 0. The van der Waals surface area contributed by atoms with Gasteiger partial charge in [-0.3, -0.25) is 4.90 Å². The molecule has 41 heavy (non-hydrogen) atoms. The van der Waals surface area contributed by atoms with Crippen LogP contribution in [0.4, 0.5) is 0 Å². The van der Waals surface area contributed by atoms with Gasteiger partial charge in [-0.2, -0.15) is 0 Å². The summed E-state index contributed by atoms with van der Waals surface area (Å²) in [5.41, 5.74) is 2.03. The first kappa shape index (κ1) is 27.1. The van der Waals surface area contributed by atoms with Gasteiger partial charge in [0.2, 0.25) is 0 Å². The van der Waals surface area contributed by atoms with Crippen LogP contribution in [0, 0.1) is 0 Å². The first-order valence-electron chi connectivity index (χ1n) is 13.8. The van der Waals surface area contributed by atoms with Crippen LogP contribution in [0.3, 0.4) is 0 Å². The van der Waals surface area contributed by atoms with Crippen LogP contribution in [-0.2, 0) is 11.3 Å². The fraction of sp³-hybridized carbons (Fsp3) is 0.235. The van der Waals surface area contributed by atoms with Crippen LogP contribution in [0.15, 0.2) is 97.1 Å². The molecule has 0 radical (unpaired) electrons. The van der Waals surface area contributed by atoms with Crippen LogP contribution < -0.4 is 18.9 Å². The van der Waals surface area contributed by atoms with E-state index in [9.17, 15) is 0 Å². The van der Waals surface area contributed by atoms with Crippen molar-refractivity contribution in [3.05, 3.63) is 103 Å². The number of rotatable bonds is 11. The molecule has 6 nitrogen and oxygen atoms in total. The monoisotopic (exact) mass is 567 g/mol. The maximum absolute atomic E-state index is 6.43. The second-order valence-corrected chi connectivity index (χ2v) is 10.9. The molecule has 0 aliphatic carbocycles. The summed E-state index contributed by atoms with van der Waals surface area (Å²) in [5.74, 6) is 3.47. The van der Waals surface area contributed by atoms with E-state index in [2.05, 4.69) is 35.2 Å². The van der Waals surface area contributed by atoms with Gasteiger partial charge >= 0.3 is 0 Å². The Hall–Kier alpha value is -4.04. The highest BCUT2D eigenvalue weighted by molar-refractivity contribution is 7.22. The molecule has 7 heteroatoms. The second-order valence-electron chi connectivity index (χ2n) is 9.80. The molecule has 4 aromatic carbocycles. The topological polar surface area (TPSA) is 49.4 Å². The number of fused-ring (bicyclic) bond motifs is 1. The minimum atomic E-state index is 0.415. The standard InChI is InChI=1S/C34H33NO5S/c1-36-30-23-31(39-24-25-7-3-2-4-8-25)32(22-29(30)34-21-26-9-5-6-10-33(26)41-34)40-28-13-11-27(12-14-28)38-20-17-35-15-18-37-19-16-35/h2-14,21-23H,15-20,24H2,1H3. The summed E-state index contributed by atoms with van der Waals surface area (Å²) in [6, 6.07) is 32.3. The molecule has 0 N–H and O–H groups in total. The number of ether oxygens (including phenoxy) is 5. The molecule has 1 aliphatic rings. The molecule has 0 spiro atoms. The summed E-state index contributed by atoms with van der Waals surface area (Å²) in [5, 5.41) is 1.20. The van der Waals surface area contributed by atoms with Crippen molar-refractivity contribution < 1.29 is 23.7 Å². The first-order valence-corrected chi connectivity index (χ1v) is 14.7. The Morgan fingerprint density at radius 1 is 0.756 bits per heavy atom. The van der Waals surface area contributed by atoms with E-state index in [0.717, 1.165) is 60.4 Å². The predicted molar refractivity (Wildman–Crippen MR) is 164 cm³/mol. The summed E-state index contributed by atoms with van der Waals surface area (Å²) >= 11 is 1.73. The van der Waals surface area contributed by atoms with Crippen LogP contribution in [-0.4, -0.2) is 51.5 Å². The van der Waals surface area contributed by atoms with Crippen molar-refractivity contribution in [2.24, 2.45) is 0 Å². The number of morpholine rings is 1. The molecule has 2 heterocycles. The van der Waals surface area contributed by atoms with Crippen molar-refractivity contribution in [2.75, 3.05) is 46.6 Å². The maximum Gasteiger partial charge on any atom is 0.170 e. The van der Waals surface area contributed by atoms with E-state index in [1.807, 2.05) is 66.7 Å². The Morgan fingerprint density at radius 3 is 2.29 bits per heavy atom. The molecule has 0 bridgehead atoms. The van der Waals surface area contributed by atoms with Gasteiger partial charge in [-0.25, -0.2) is 0 Å². The van der Waals surface area contributed by atoms with E-state index >= 15 is 0 Å². The van der Waals surface area contributed by atoms with Crippen LogP contribution in [0.2, 0.25) is 0 Å². The van der Waals surface area contributed by atoms with Crippen molar-refractivity contribution in [1.82, 2.24) is 4.90 Å². The smallest absolute Gasteiger partial charge is 0.170 e. The molecule has 210 valence electrons. The van der Waals surface area contributed by atoms with E-state index in [4.69, 9.17) is 23.7 Å². The average molecular weight is 568 g/mol. The number of hydrogen-bond acceptors (Lipinski definition) is 7. The minimum absolute atomic E-state index is 0.415. The first-order chi connectivity index (χ1) is 20.2. The van der Waals surface area contributed by atoms with Gasteiger partial charge in [0.25, 0.3) is 0 Å². The Labute approximate surface area is 244 Å². The minimum Gasteiger partial charge on any atom is -0.496 e. The van der Waals surface area contributed by atoms with E-state index in [0.29, 0.717) is 30.5 Å². The van der Waals surface area contributed by atoms with Gasteiger partial charge in [0.1, 0.15) is 30.5 Å². The summed E-state index contributed by atoms with van der Waals surface area (Å²) in [6.07, 6.45) is 0. The van der Waals surface area contributed by atoms with Gasteiger partial charge in [-0.1, -0.05) is 48.5 Å². The molecular formula is C34H33NO5S. The molecule has 0 amide bonds. The zero-order valence-electron chi connectivity index (χ0n) is 23.1. The molecule has 1 aromatic heterocycles. The van der Waals surface area contributed by atoms with Crippen molar-refractivity contribution in [1.29, 1.82) is 0 Å². The third-order valence-corrected chi connectivity index (χ3v) is 8.17. The van der Waals surface area contributed by atoms with E-state index in [1.54, 1.807) is 18.4 Å². The fourth-order valence-electron chi connectivity index (χ4n) is 4.79. The lowest BCUT2D eigenvalue weighted by molar-refractivity contribution is 0.0322. The van der Waals surface area contributed by atoms with Crippen LogP contribution in [0.25, 0.3) is 20.5 Å². The molecule has 1 fully saturated rings. The molecule has 1 saturated heterocycles. The highest BCUT2D eigenvalue weighted by Gasteiger charge is 2.18. The number of methoxy groups -OCH3 is 1. The van der Waals surface area contributed by atoms with Crippen LogP contribution in [0.1, 0.15) is 5.56 Å². The van der Waals surface area contributed by atoms with Crippen molar-refractivity contribution in [2.45, 2.75) is 6.61 Å². The van der Waals surface area contributed by atoms with Gasteiger partial charge in [0.05, 0.1) is 20.3 Å². The zero-order chi connectivity index (χ0) is 27.9. The van der Waals surface area contributed by atoms with Gasteiger partial charge in [-0.05, 0) is 53.4 Å². The third kappa shape index (κ3) is 6.82. The Kier molecular flexibility index (Phi) is 8.66. The van der Waals surface area contributed by atoms with Gasteiger partial charge in [0.15, 0.2) is 11.5 Å². The SMILES string of the molecule is COc1cc(OCc2ccccc2)c(Oc2ccc(OCCN3CCOCC3)cc2)cc1-c1cc2ccccc2s1. The van der Waals surface area contributed by atoms with E-state index in [-0.39, 0.29) is 0 Å². The van der Waals surface area contributed by atoms with Crippen LogP contribution in [0.5, 0.6) is 28.7 Å². The van der Waals surface area contributed by atoms with Crippen molar-refractivity contribution >= 4 is 21.4 Å². The molecule has 1 aliphatic heterocycles. The molecular weight excluding hydrogens is 534 g/mol. The average Bonchev–Trinajstić information content (AvgIpc) is 3.46. The Bertz CT molecular complexity index is 1530. The second kappa shape index (κ2) is 13.1. The molecule has 0 atom stereocenters.